The van der Waals surface area contributed by atoms with Crippen LogP contribution in [0.1, 0.15) is 32.6 Å². The molecule has 0 spiro atoms. The van der Waals surface area contributed by atoms with Crippen molar-refractivity contribution in [2.45, 2.75) is 38.6 Å². The molecule has 1 N–H and O–H groups in total. The first-order valence-electron chi connectivity index (χ1n) is 6.91. The topological polar surface area (TPSA) is 41.6 Å². The summed E-state index contributed by atoms with van der Waals surface area (Å²) in [5.41, 5.74) is 0. The standard InChI is InChI=1S/C13H24N2O2/c1-2-8-17-9-7-15-12-5-6-14-10-11(12)3-4-13(15)16/h11-12,14H,2-10H2,1H3. The summed E-state index contributed by atoms with van der Waals surface area (Å²) >= 11 is 0. The van der Waals surface area contributed by atoms with Gasteiger partial charge in [-0.2, -0.15) is 0 Å². The fourth-order valence-electron chi connectivity index (χ4n) is 2.95. The molecular weight excluding hydrogens is 216 g/mol. The van der Waals surface area contributed by atoms with E-state index in [1.54, 1.807) is 0 Å². The number of carbonyl (C=O) groups excluding carboxylic acids is 1. The van der Waals surface area contributed by atoms with Crippen LogP contribution in [-0.4, -0.2) is 49.7 Å². The first kappa shape index (κ1) is 12.8. The number of rotatable bonds is 5. The van der Waals surface area contributed by atoms with Gasteiger partial charge >= 0.3 is 0 Å². The highest BCUT2D eigenvalue weighted by Gasteiger charge is 2.36. The minimum Gasteiger partial charge on any atom is -0.380 e. The number of hydrogen-bond donors (Lipinski definition) is 1. The Kier molecular flexibility index (Phi) is 4.80. The van der Waals surface area contributed by atoms with Crippen LogP contribution in [0.3, 0.4) is 0 Å². The molecule has 2 fully saturated rings. The Balaban J connectivity index is 1.85. The van der Waals surface area contributed by atoms with Gasteiger partial charge in [-0.15, -0.1) is 0 Å². The molecule has 1 amide bonds. The molecule has 17 heavy (non-hydrogen) atoms. The number of carbonyl (C=O) groups is 1. The zero-order chi connectivity index (χ0) is 12.1. The van der Waals surface area contributed by atoms with Crippen molar-refractivity contribution in [2.75, 3.05) is 32.8 Å². The Labute approximate surface area is 104 Å². The van der Waals surface area contributed by atoms with E-state index in [-0.39, 0.29) is 0 Å². The average Bonchev–Trinajstić information content (AvgIpc) is 2.37. The Hall–Kier alpha value is -0.610. The second kappa shape index (κ2) is 6.36. The molecule has 0 aromatic carbocycles. The molecule has 2 unspecified atom stereocenters. The molecule has 0 saturated carbocycles. The zero-order valence-corrected chi connectivity index (χ0v) is 10.8. The molecule has 0 aliphatic carbocycles. The van der Waals surface area contributed by atoms with E-state index < -0.39 is 0 Å². The molecule has 2 aliphatic heterocycles. The third-order valence-corrected chi connectivity index (χ3v) is 3.84. The van der Waals surface area contributed by atoms with E-state index >= 15 is 0 Å². The minimum atomic E-state index is 0.327. The summed E-state index contributed by atoms with van der Waals surface area (Å²) in [6.07, 6.45) is 3.92. The SMILES string of the molecule is CCCOCCN1C(=O)CCC2CNCCC21. The van der Waals surface area contributed by atoms with Crippen LogP contribution in [0.4, 0.5) is 0 Å². The van der Waals surface area contributed by atoms with Gasteiger partial charge in [0.2, 0.25) is 5.91 Å². The van der Waals surface area contributed by atoms with Gasteiger partial charge in [0.15, 0.2) is 0 Å². The van der Waals surface area contributed by atoms with Gasteiger partial charge in [-0.05, 0) is 38.3 Å². The van der Waals surface area contributed by atoms with Crippen LogP contribution >= 0.6 is 0 Å². The monoisotopic (exact) mass is 240 g/mol. The number of fused-ring (bicyclic) bond motifs is 1. The van der Waals surface area contributed by atoms with Gasteiger partial charge in [0.05, 0.1) is 6.61 Å². The second-order valence-electron chi connectivity index (χ2n) is 5.06. The van der Waals surface area contributed by atoms with E-state index in [2.05, 4.69) is 17.1 Å². The van der Waals surface area contributed by atoms with E-state index in [1.807, 2.05) is 0 Å². The van der Waals surface area contributed by atoms with Crippen LogP contribution in [0.25, 0.3) is 0 Å². The molecule has 0 radical (unpaired) electrons. The Morgan fingerprint density at radius 3 is 3.12 bits per heavy atom. The Bertz CT molecular complexity index is 258. The van der Waals surface area contributed by atoms with Crippen molar-refractivity contribution in [2.24, 2.45) is 5.92 Å². The van der Waals surface area contributed by atoms with Crippen LogP contribution in [0.15, 0.2) is 0 Å². The van der Waals surface area contributed by atoms with E-state index in [0.717, 1.165) is 51.9 Å². The lowest BCUT2D eigenvalue weighted by Gasteiger charge is -2.44. The highest BCUT2D eigenvalue weighted by atomic mass is 16.5. The van der Waals surface area contributed by atoms with Crippen molar-refractivity contribution < 1.29 is 9.53 Å². The second-order valence-corrected chi connectivity index (χ2v) is 5.06. The average molecular weight is 240 g/mol. The van der Waals surface area contributed by atoms with Crippen LogP contribution < -0.4 is 5.32 Å². The van der Waals surface area contributed by atoms with Gasteiger partial charge < -0.3 is 15.0 Å². The fourth-order valence-corrected chi connectivity index (χ4v) is 2.95. The summed E-state index contributed by atoms with van der Waals surface area (Å²) < 4.78 is 5.50. The molecule has 2 atom stereocenters. The smallest absolute Gasteiger partial charge is 0.222 e. The molecule has 98 valence electrons. The molecule has 2 heterocycles. The van der Waals surface area contributed by atoms with Crippen molar-refractivity contribution in [3.05, 3.63) is 0 Å². The van der Waals surface area contributed by atoms with Gasteiger partial charge in [-0.3, -0.25) is 4.79 Å². The quantitative estimate of drug-likeness (QED) is 0.729. The summed E-state index contributed by atoms with van der Waals surface area (Å²) in [5, 5.41) is 3.43. The first-order chi connectivity index (χ1) is 8.33. The van der Waals surface area contributed by atoms with Gasteiger partial charge in [-0.1, -0.05) is 6.92 Å². The molecule has 0 aromatic heterocycles. The summed E-state index contributed by atoms with van der Waals surface area (Å²) in [6, 6.07) is 0.461. The number of nitrogens with zero attached hydrogens (tertiary/aromatic N) is 1. The third-order valence-electron chi connectivity index (χ3n) is 3.84. The fraction of sp³-hybridized carbons (Fsp3) is 0.923. The largest absolute Gasteiger partial charge is 0.380 e. The van der Waals surface area contributed by atoms with Gasteiger partial charge in [-0.25, -0.2) is 0 Å². The molecule has 2 rings (SSSR count). The number of amides is 1. The maximum atomic E-state index is 12.0. The van der Waals surface area contributed by atoms with Crippen LogP contribution in [0.5, 0.6) is 0 Å². The van der Waals surface area contributed by atoms with E-state index in [9.17, 15) is 4.79 Å². The Morgan fingerprint density at radius 2 is 2.29 bits per heavy atom. The van der Waals surface area contributed by atoms with E-state index in [1.165, 1.54) is 0 Å². The molecule has 2 saturated heterocycles. The van der Waals surface area contributed by atoms with Crippen molar-refractivity contribution in [1.82, 2.24) is 10.2 Å². The molecule has 0 bridgehead atoms. The van der Waals surface area contributed by atoms with Gasteiger partial charge in [0, 0.05) is 25.6 Å². The van der Waals surface area contributed by atoms with Crippen LogP contribution in [-0.2, 0) is 9.53 Å². The summed E-state index contributed by atoms with van der Waals surface area (Å²) in [7, 11) is 0. The summed E-state index contributed by atoms with van der Waals surface area (Å²) in [5.74, 6) is 0.987. The molecular formula is C13H24N2O2. The minimum absolute atomic E-state index is 0.327. The van der Waals surface area contributed by atoms with E-state index in [0.29, 0.717) is 24.5 Å². The Morgan fingerprint density at radius 1 is 1.41 bits per heavy atom. The normalized spacial score (nSPS) is 29.2. The summed E-state index contributed by atoms with van der Waals surface area (Å²) in [6.45, 7) is 6.49. The lowest BCUT2D eigenvalue weighted by atomic mass is 9.84. The van der Waals surface area contributed by atoms with Crippen molar-refractivity contribution >= 4 is 5.91 Å². The number of nitrogens with one attached hydrogen (secondary N) is 1. The predicted molar refractivity (Wildman–Crippen MR) is 66.8 cm³/mol. The number of piperidine rings is 2. The maximum Gasteiger partial charge on any atom is 0.222 e. The first-order valence-corrected chi connectivity index (χ1v) is 6.91. The molecule has 2 aliphatic rings. The van der Waals surface area contributed by atoms with Crippen molar-refractivity contribution in [3.63, 3.8) is 0 Å². The van der Waals surface area contributed by atoms with Crippen molar-refractivity contribution in [1.29, 1.82) is 0 Å². The lowest BCUT2D eigenvalue weighted by Crippen LogP contribution is -2.55. The van der Waals surface area contributed by atoms with Gasteiger partial charge in [0.25, 0.3) is 0 Å². The third kappa shape index (κ3) is 3.19. The van der Waals surface area contributed by atoms with Crippen LogP contribution in [0, 0.1) is 5.92 Å². The van der Waals surface area contributed by atoms with E-state index in [4.69, 9.17) is 4.74 Å². The molecule has 4 heteroatoms. The zero-order valence-electron chi connectivity index (χ0n) is 10.8. The molecule has 4 nitrogen and oxygen atoms in total. The summed E-state index contributed by atoms with van der Waals surface area (Å²) in [4.78, 5) is 14.0. The molecule has 0 aromatic rings. The van der Waals surface area contributed by atoms with Gasteiger partial charge in [0.1, 0.15) is 0 Å². The maximum absolute atomic E-state index is 12.0. The number of ether oxygens (including phenoxy) is 1. The number of likely N-dealkylation sites (tertiary alicyclic amines) is 1. The van der Waals surface area contributed by atoms with Crippen LogP contribution in [0.2, 0.25) is 0 Å². The van der Waals surface area contributed by atoms with Crippen molar-refractivity contribution in [3.8, 4) is 0 Å². The number of hydrogen-bond acceptors (Lipinski definition) is 3. The highest BCUT2D eigenvalue weighted by Crippen LogP contribution is 2.28. The highest BCUT2D eigenvalue weighted by molar-refractivity contribution is 5.77. The predicted octanol–water partition coefficient (Wildman–Crippen LogP) is 1.01. The lowest BCUT2D eigenvalue weighted by molar-refractivity contribution is -0.140.